The van der Waals surface area contributed by atoms with E-state index in [4.69, 9.17) is 4.74 Å². The van der Waals surface area contributed by atoms with Gasteiger partial charge >= 0.3 is 17.7 Å². The molecule has 1 N–H and O–H groups in total. The van der Waals surface area contributed by atoms with Gasteiger partial charge in [0.1, 0.15) is 11.5 Å². The van der Waals surface area contributed by atoms with Gasteiger partial charge in [-0.15, -0.1) is 0 Å². The van der Waals surface area contributed by atoms with E-state index in [2.05, 4.69) is 20.0 Å². The molecule has 0 saturated heterocycles. The van der Waals surface area contributed by atoms with Gasteiger partial charge in [-0.25, -0.2) is 9.18 Å². The zero-order valence-electron chi connectivity index (χ0n) is 13.7. The fourth-order valence-electron chi connectivity index (χ4n) is 2.09. The number of methoxy groups -OCH3 is 2. The number of carbonyl (C=O) groups is 1. The first-order chi connectivity index (χ1) is 11.9. The number of esters is 1. The van der Waals surface area contributed by atoms with Crippen LogP contribution in [0, 0.1) is 22.9 Å². The number of carbonyl (C=O) groups excluding carboxylic acids is 1. The molecule has 25 heavy (non-hydrogen) atoms. The number of rotatable bonds is 6. The van der Waals surface area contributed by atoms with E-state index < -0.39 is 16.7 Å². The number of ether oxygens (including phenoxy) is 2. The van der Waals surface area contributed by atoms with Crippen molar-refractivity contribution in [2.24, 2.45) is 0 Å². The maximum absolute atomic E-state index is 14.1. The highest BCUT2D eigenvalue weighted by Gasteiger charge is 2.22. The third-order valence-corrected chi connectivity index (χ3v) is 3.32. The van der Waals surface area contributed by atoms with Crippen molar-refractivity contribution in [1.82, 2.24) is 9.97 Å². The quantitative estimate of drug-likeness (QED) is 0.479. The number of halogens is 1. The van der Waals surface area contributed by atoms with Crippen LogP contribution in [0.5, 0.6) is 6.01 Å². The Kier molecular flexibility index (Phi) is 5.42. The van der Waals surface area contributed by atoms with Gasteiger partial charge in [-0.05, 0) is 19.1 Å². The molecule has 0 radical (unpaired) electrons. The van der Waals surface area contributed by atoms with E-state index in [0.29, 0.717) is 0 Å². The fraction of sp³-hybridized carbons (Fsp3) is 0.267. The second-order valence-corrected chi connectivity index (χ2v) is 4.90. The first-order valence-electron chi connectivity index (χ1n) is 7.05. The molecule has 132 valence electrons. The van der Waals surface area contributed by atoms with E-state index in [9.17, 15) is 19.3 Å². The summed E-state index contributed by atoms with van der Waals surface area (Å²) < 4.78 is 23.5. The van der Waals surface area contributed by atoms with Crippen LogP contribution in [-0.2, 0) is 11.3 Å². The Bertz CT molecular complexity index is 828. The predicted molar refractivity (Wildman–Crippen MR) is 85.0 cm³/mol. The average Bonchev–Trinajstić information content (AvgIpc) is 2.58. The summed E-state index contributed by atoms with van der Waals surface area (Å²) in [4.78, 5) is 29.7. The van der Waals surface area contributed by atoms with Crippen molar-refractivity contribution in [3.63, 3.8) is 0 Å². The van der Waals surface area contributed by atoms with E-state index in [1.165, 1.54) is 33.3 Å². The zero-order valence-corrected chi connectivity index (χ0v) is 13.7. The van der Waals surface area contributed by atoms with E-state index in [1.54, 1.807) is 0 Å². The van der Waals surface area contributed by atoms with Crippen molar-refractivity contribution in [3.05, 3.63) is 51.0 Å². The number of aromatic nitrogens is 2. The molecular formula is C15H15FN4O5. The van der Waals surface area contributed by atoms with Gasteiger partial charge in [0.2, 0.25) is 5.82 Å². The van der Waals surface area contributed by atoms with Crippen LogP contribution in [0.1, 0.15) is 21.6 Å². The number of benzene rings is 1. The lowest BCUT2D eigenvalue weighted by Gasteiger charge is -2.10. The number of nitrogens with zero attached hydrogens (tertiary/aromatic N) is 3. The maximum Gasteiger partial charge on any atom is 0.337 e. The lowest BCUT2D eigenvalue weighted by Crippen LogP contribution is -2.10. The Balaban J connectivity index is 2.28. The minimum atomic E-state index is -0.662. The van der Waals surface area contributed by atoms with Gasteiger partial charge in [-0.1, -0.05) is 6.07 Å². The number of nitro groups is 1. The topological polar surface area (TPSA) is 116 Å². The molecule has 0 aliphatic heterocycles. The Morgan fingerprint density at radius 3 is 2.64 bits per heavy atom. The Hall–Kier alpha value is -3.30. The molecule has 1 aromatic carbocycles. The average molecular weight is 350 g/mol. The summed E-state index contributed by atoms with van der Waals surface area (Å²) >= 11 is 0. The molecule has 9 nitrogen and oxygen atoms in total. The highest BCUT2D eigenvalue weighted by atomic mass is 19.1. The van der Waals surface area contributed by atoms with Gasteiger partial charge in [0, 0.05) is 12.1 Å². The molecule has 2 rings (SSSR count). The third kappa shape index (κ3) is 3.97. The summed E-state index contributed by atoms with van der Waals surface area (Å²) in [5.74, 6) is -1.41. The van der Waals surface area contributed by atoms with Crippen molar-refractivity contribution >= 4 is 17.5 Å². The predicted octanol–water partition coefficient (Wildman–Crippen LogP) is 2.24. The second kappa shape index (κ2) is 7.51. The zero-order chi connectivity index (χ0) is 18.6. The van der Waals surface area contributed by atoms with Crippen molar-refractivity contribution in [1.29, 1.82) is 0 Å². The Morgan fingerprint density at radius 2 is 2.08 bits per heavy atom. The van der Waals surface area contributed by atoms with Crippen molar-refractivity contribution in [3.8, 4) is 6.01 Å². The number of hydrogen-bond donors (Lipinski definition) is 1. The van der Waals surface area contributed by atoms with Crippen LogP contribution in [0.4, 0.5) is 15.9 Å². The first kappa shape index (κ1) is 18.0. The lowest BCUT2D eigenvalue weighted by atomic mass is 10.1. The van der Waals surface area contributed by atoms with Crippen LogP contribution >= 0.6 is 0 Å². The van der Waals surface area contributed by atoms with Gasteiger partial charge in [0.15, 0.2) is 0 Å². The highest BCUT2D eigenvalue weighted by Crippen LogP contribution is 2.27. The normalized spacial score (nSPS) is 10.2. The fourth-order valence-corrected chi connectivity index (χ4v) is 2.09. The summed E-state index contributed by atoms with van der Waals surface area (Å²) in [6.45, 7) is 1.35. The van der Waals surface area contributed by atoms with Gasteiger partial charge in [-0.2, -0.15) is 9.97 Å². The standard InChI is InChI=1S/C15H15FN4O5/c1-8-12(20(22)23)13(19-15(18-8)25-3)17-7-10-5-4-9(6-11(10)16)14(21)24-2/h4-6H,7H2,1-3H3,(H,17,18,19). The summed E-state index contributed by atoms with van der Waals surface area (Å²) in [5, 5.41) is 13.9. The van der Waals surface area contributed by atoms with Crippen LogP contribution in [0.15, 0.2) is 18.2 Å². The van der Waals surface area contributed by atoms with Gasteiger partial charge < -0.3 is 14.8 Å². The molecule has 0 spiro atoms. The van der Waals surface area contributed by atoms with E-state index >= 15 is 0 Å². The molecule has 0 aliphatic rings. The molecule has 0 unspecified atom stereocenters. The Labute approximate surface area is 142 Å². The molecule has 1 heterocycles. The molecule has 1 aromatic heterocycles. The first-order valence-corrected chi connectivity index (χ1v) is 7.05. The minimum absolute atomic E-state index is 0.0490. The van der Waals surface area contributed by atoms with Crippen LogP contribution in [0.3, 0.4) is 0 Å². The molecule has 0 amide bonds. The summed E-state index contributed by atoms with van der Waals surface area (Å²) in [6, 6.07) is 3.76. The van der Waals surface area contributed by atoms with Crippen LogP contribution < -0.4 is 10.1 Å². The number of aryl methyl sites for hydroxylation is 1. The van der Waals surface area contributed by atoms with E-state index in [1.807, 2.05) is 0 Å². The SMILES string of the molecule is COC(=O)c1ccc(CNc2nc(OC)nc(C)c2[N+](=O)[O-])c(F)c1. The maximum atomic E-state index is 14.1. The number of nitrogens with one attached hydrogen (secondary N) is 1. The summed E-state index contributed by atoms with van der Waals surface area (Å²) in [6.07, 6.45) is 0. The lowest BCUT2D eigenvalue weighted by molar-refractivity contribution is -0.385. The largest absolute Gasteiger partial charge is 0.467 e. The van der Waals surface area contributed by atoms with Crippen molar-refractivity contribution < 1.29 is 23.6 Å². The van der Waals surface area contributed by atoms with Crippen LogP contribution in [-0.4, -0.2) is 35.1 Å². The summed E-state index contributed by atoms with van der Waals surface area (Å²) in [7, 11) is 2.52. The molecule has 10 heteroatoms. The van der Waals surface area contributed by atoms with Crippen LogP contribution in [0.2, 0.25) is 0 Å². The number of hydrogen-bond acceptors (Lipinski definition) is 8. The smallest absolute Gasteiger partial charge is 0.337 e. The second-order valence-electron chi connectivity index (χ2n) is 4.90. The molecule has 2 aromatic rings. The summed E-state index contributed by atoms with van der Waals surface area (Å²) in [5.41, 5.74) is 0.0414. The minimum Gasteiger partial charge on any atom is -0.467 e. The molecule has 0 bridgehead atoms. The molecule has 0 aliphatic carbocycles. The van der Waals surface area contributed by atoms with Gasteiger partial charge in [0.05, 0.1) is 24.7 Å². The molecule has 0 fully saturated rings. The molecule has 0 saturated carbocycles. The van der Waals surface area contributed by atoms with Crippen molar-refractivity contribution in [2.75, 3.05) is 19.5 Å². The molecule has 0 atom stereocenters. The van der Waals surface area contributed by atoms with Crippen molar-refractivity contribution in [2.45, 2.75) is 13.5 Å². The van der Waals surface area contributed by atoms with E-state index in [0.717, 1.165) is 6.07 Å². The van der Waals surface area contributed by atoms with E-state index in [-0.39, 0.29) is 40.9 Å². The number of anilines is 1. The third-order valence-electron chi connectivity index (χ3n) is 3.32. The molecular weight excluding hydrogens is 335 g/mol. The van der Waals surface area contributed by atoms with Gasteiger partial charge in [0.25, 0.3) is 0 Å². The Morgan fingerprint density at radius 1 is 1.36 bits per heavy atom. The van der Waals surface area contributed by atoms with Gasteiger partial charge in [-0.3, -0.25) is 10.1 Å². The monoisotopic (exact) mass is 350 g/mol. The highest BCUT2D eigenvalue weighted by molar-refractivity contribution is 5.89. The van der Waals surface area contributed by atoms with Crippen LogP contribution in [0.25, 0.3) is 0 Å².